The number of halogens is 1. The summed E-state index contributed by atoms with van der Waals surface area (Å²) in [7, 11) is 1.55. The second-order valence-electron chi connectivity index (χ2n) is 5.50. The first-order valence-corrected chi connectivity index (χ1v) is 7.47. The fourth-order valence-corrected chi connectivity index (χ4v) is 2.20. The second kappa shape index (κ2) is 9.03. The van der Waals surface area contributed by atoms with Crippen molar-refractivity contribution in [2.75, 3.05) is 18.2 Å². The molecule has 0 saturated heterocycles. The molecule has 0 aromatic heterocycles. The Balaban J connectivity index is 0.00000288. The van der Waals surface area contributed by atoms with Crippen LogP contribution in [0.15, 0.2) is 42.5 Å². The molecule has 0 unspecified atom stereocenters. The van der Waals surface area contributed by atoms with Gasteiger partial charge >= 0.3 is 0 Å². The van der Waals surface area contributed by atoms with E-state index in [4.69, 9.17) is 15.2 Å². The van der Waals surface area contributed by atoms with Gasteiger partial charge in [-0.05, 0) is 49.7 Å². The van der Waals surface area contributed by atoms with Gasteiger partial charge in [0.25, 0.3) is 0 Å². The van der Waals surface area contributed by atoms with E-state index in [1.807, 2.05) is 38.1 Å². The molecule has 3 N–H and O–H groups in total. The summed E-state index contributed by atoms with van der Waals surface area (Å²) in [4.78, 5) is 12.2. The van der Waals surface area contributed by atoms with E-state index in [-0.39, 0.29) is 30.8 Å². The van der Waals surface area contributed by atoms with Gasteiger partial charge < -0.3 is 20.5 Å². The maximum Gasteiger partial charge on any atom is 0.228 e. The van der Waals surface area contributed by atoms with E-state index in [9.17, 15) is 4.79 Å². The van der Waals surface area contributed by atoms with E-state index in [1.54, 1.807) is 25.3 Å². The third-order valence-electron chi connectivity index (χ3n) is 3.15. The number of amides is 1. The van der Waals surface area contributed by atoms with Crippen LogP contribution in [0.25, 0.3) is 0 Å². The number of nitrogens with two attached hydrogens (primary N) is 1. The van der Waals surface area contributed by atoms with Crippen LogP contribution in [0.2, 0.25) is 0 Å². The molecule has 0 radical (unpaired) electrons. The minimum atomic E-state index is -0.115. The molecule has 0 heterocycles. The van der Waals surface area contributed by atoms with Gasteiger partial charge in [0.1, 0.15) is 11.5 Å². The molecule has 24 heavy (non-hydrogen) atoms. The maximum atomic E-state index is 12.2. The summed E-state index contributed by atoms with van der Waals surface area (Å²) in [5.41, 5.74) is 7.85. The summed E-state index contributed by atoms with van der Waals surface area (Å²) < 4.78 is 10.7. The van der Waals surface area contributed by atoms with Gasteiger partial charge in [0.15, 0.2) is 0 Å². The van der Waals surface area contributed by atoms with Gasteiger partial charge in [-0.1, -0.05) is 12.1 Å². The Labute approximate surface area is 148 Å². The molecule has 2 aromatic carbocycles. The van der Waals surface area contributed by atoms with Crippen molar-refractivity contribution in [3.63, 3.8) is 0 Å². The van der Waals surface area contributed by atoms with Crippen LogP contribution in [0, 0.1) is 0 Å². The Morgan fingerprint density at radius 2 is 1.96 bits per heavy atom. The highest BCUT2D eigenvalue weighted by Gasteiger charge is 2.07. The van der Waals surface area contributed by atoms with Crippen LogP contribution in [0.4, 0.5) is 11.4 Å². The topological polar surface area (TPSA) is 73.6 Å². The van der Waals surface area contributed by atoms with Gasteiger partial charge in [-0.25, -0.2) is 0 Å². The van der Waals surface area contributed by atoms with Gasteiger partial charge in [0.05, 0.1) is 25.3 Å². The minimum absolute atomic E-state index is 0. The number of hydrogen-bond acceptors (Lipinski definition) is 4. The molecule has 0 fully saturated rings. The van der Waals surface area contributed by atoms with Gasteiger partial charge in [-0.15, -0.1) is 12.4 Å². The molecule has 0 spiro atoms. The molecule has 0 aliphatic carbocycles. The van der Waals surface area contributed by atoms with Crippen molar-refractivity contribution in [3.05, 3.63) is 48.0 Å². The van der Waals surface area contributed by atoms with Crippen LogP contribution in [0.3, 0.4) is 0 Å². The standard InChI is InChI=1S/C18H22N2O3.ClH/c1-12(2)23-15-6-4-5-13(9-15)10-18(21)20-14-7-8-17(22-3)16(19)11-14;/h4-9,11-12H,10,19H2,1-3H3,(H,20,21);1H. The summed E-state index contributed by atoms with van der Waals surface area (Å²) in [5, 5.41) is 2.83. The lowest BCUT2D eigenvalue weighted by Crippen LogP contribution is -2.14. The zero-order chi connectivity index (χ0) is 16.8. The van der Waals surface area contributed by atoms with E-state index in [0.717, 1.165) is 11.3 Å². The van der Waals surface area contributed by atoms with E-state index in [0.29, 0.717) is 17.1 Å². The quantitative estimate of drug-likeness (QED) is 0.779. The number of nitrogens with one attached hydrogen (secondary N) is 1. The van der Waals surface area contributed by atoms with Crippen molar-refractivity contribution in [1.82, 2.24) is 0 Å². The molecule has 0 bridgehead atoms. The number of anilines is 2. The molecule has 0 aliphatic rings. The number of ether oxygens (including phenoxy) is 2. The molecule has 0 saturated carbocycles. The second-order valence-corrected chi connectivity index (χ2v) is 5.50. The van der Waals surface area contributed by atoms with Gasteiger partial charge in [0, 0.05) is 5.69 Å². The Bertz CT molecular complexity index is 690. The van der Waals surface area contributed by atoms with Crippen LogP contribution in [0.5, 0.6) is 11.5 Å². The normalized spacial score (nSPS) is 10.0. The highest BCUT2D eigenvalue weighted by Crippen LogP contribution is 2.24. The molecule has 2 rings (SSSR count). The lowest BCUT2D eigenvalue weighted by atomic mass is 10.1. The van der Waals surface area contributed by atoms with E-state index in [1.165, 1.54) is 0 Å². The average Bonchev–Trinajstić information content (AvgIpc) is 2.47. The lowest BCUT2D eigenvalue weighted by molar-refractivity contribution is -0.115. The van der Waals surface area contributed by atoms with Crippen molar-refractivity contribution in [2.45, 2.75) is 26.4 Å². The number of rotatable bonds is 6. The number of carbonyl (C=O) groups is 1. The molecule has 1 amide bonds. The lowest BCUT2D eigenvalue weighted by Gasteiger charge is -2.11. The van der Waals surface area contributed by atoms with Crippen LogP contribution in [-0.2, 0) is 11.2 Å². The number of hydrogen-bond donors (Lipinski definition) is 2. The van der Waals surface area contributed by atoms with E-state index < -0.39 is 0 Å². The Morgan fingerprint density at radius 1 is 1.21 bits per heavy atom. The van der Waals surface area contributed by atoms with E-state index in [2.05, 4.69) is 5.32 Å². The molecule has 0 aliphatic heterocycles. The minimum Gasteiger partial charge on any atom is -0.495 e. The number of methoxy groups -OCH3 is 1. The van der Waals surface area contributed by atoms with Crippen LogP contribution < -0.4 is 20.5 Å². The van der Waals surface area contributed by atoms with Crippen molar-refractivity contribution in [1.29, 1.82) is 0 Å². The summed E-state index contributed by atoms with van der Waals surface area (Å²) in [6, 6.07) is 12.7. The van der Waals surface area contributed by atoms with Gasteiger partial charge in [-0.2, -0.15) is 0 Å². The van der Waals surface area contributed by atoms with E-state index >= 15 is 0 Å². The monoisotopic (exact) mass is 350 g/mol. The molecule has 2 aromatic rings. The van der Waals surface area contributed by atoms with Crippen molar-refractivity contribution < 1.29 is 14.3 Å². The van der Waals surface area contributed by atoms with Crippen molar-refractivity contribution in [2.24, 2.45) is 0 Å². The third kappa shape index (κ3) is 5.66. The Morgan fingerprint density at radius 3 is 2.58 bits per heavy atom. The summed E-state index contributed by atoms with van der Waals surface area (Å²) in [6.07, 6.45) is 0.364. The first-order valence-electron chi connectivity index (χ1n) is 7.47. The average molecular weight is 351 g/mol. The largest absolute Gasteiger partial charge is 0.495 e. The fraction of sp³-hybridized carbons (Fsp3) is 0.278. The molecular weight excluding hydrogens is 328 g/mol. The summed E-state index contributed by atoms with van der Waals surface area (Å²) in [5.74, 6) is 1.23. The Kier molecular flexibility index (Phi) is 7.39. The molecule has 130 valence electrons. The number of carbonyl (C=O) groups excluding carboxylic acids is 1. The SMILES string of the molecule is COc1ccc(NC(=O)Cc2cccc(OC(C)C)c2)cc1N.Cl. The molecule has 0 atom stereocenters. The zero-order valence-corrected chi connectivity index (χ0v) is 14.9. The van der Waals surface area contributed by atoms with Crippen LogP contribution >= 0.6 is 12.4 Å². The molecule has 6 heteroatoms. The number of benzene rings is 2. The predicted molar refractivity (Wildman–Crippen MR) is 99.2 cm³/mol. The molecule has 5 nitrogen and oxygen atoms in total. The van der Waals surface area contributed by atoms with Crippen LogP contribution in [0.1, 0.15) is 19.4 Å². The Hall–Kier alpha value is -2.40. The first-order chi connectivity index (χ1) is 11.0. The van der Waals surface area contributed by atoms with Crippen molar-refractivity contribution in [3.8, 4) is 11.5 Å². The van der Waals surface area contributed by atoms with Gasteiger partial charge in [0.2, 0.25) is 5.91 Å². The predicted octanol–water partition coefficient (Wildman–Crippen LogP) is 3.67. The highest BCUT2D eigenvalue weighted by atomic mass is 35.5. The van der Waals surface area contributed by atoms with Crippen LogP contribution in [-0.4, -0.2) is 19.1 Å². The summed E-state index contributed by atoms with van der Waals surface area (Å²) >= 11 is 0. The van der Waals surface area contributed by atoms with Crippen molar-refractivity contribution >= 4 is 29.7 Å². The number of nitrogen functional groups attached to an aromatic ring is 1. The van der Waals surface area contributed by atoms with Gasteiger partial charge in [-0.3, -0.25) is 4.79 Å². The fourth-order valence-electron chi connectivity index (χ4n) is 2.20. The smallest absolute Gasteiger partial charge is 0.228 e. The molecular formula is C18H23ClN2O3. The summed E-state index contributed by atoms with van der Waals surface area (Å²) in [6.45, 7) is 3.93. The maximum absolute atomic E-state index is 12.2. The zero-order valence-electron chi connectivity index (χ0n) is 14.0. The highest BCUT2D eigenvalue weighted by molar-refractivity contribution is 5.93. The first kappa shape index (κ1) is 19.6. The third-order valence-corrected chi connectivity index (χ3v) is 3.15.